The second kappa shape index (κ2) is 7.59. The molecule has 1 fully saturated rings. The lowest BCUT2D eigenvalue weighted by atomic mass is 9.97. The number of carbonyl (C=O) groups is 1. The number of carbonyl (C=O) groups excluding carboxylic acids is 1. The van der Waals surface area contributed by atoms with Gasteiger partial charge in [0.15, 0.2) is 17.2 Å². The summed E-state index contributed by atoms with van der Waals surface area (Å²) in [4.78, 5) is 17.0. The maximum absolute atomic E-state index is 12.3. The summed E-state index contributed by atoms with van der Waals surface area (Å²) in [5.41, 5.74) is 3.08. The van der Waals surface area contributed by atoms with Crippen molar-refractivity contribution in [3.05, 3.63) is 59.2 Å². The molecule has 0 radical (unpaired) electrons. The van der Waals surface area contributed by atoms with Crippen molar-refractivity contribution in [1.82, 2.24) is 4.98 Å². The van der Waals surface area contributed by atoms with Crippen molar-refractivity contribution in [2.75, 3.05) is 13.7 Å². The normalized spacial score (nSPS) is 25.2. The highest BCUT2D eigenvalue weighted by molar-refractivity contribution is 5.86. The molecule has 5 rings (SSSR count). The third-order valence-electron chi connectivity index (χ3n) is 6.52. The van der Waals surface area contributed by atoms with Crippen LogP contribution in [0.25, 0.3) is 11.1 Å². The first kappa shape index (κ1) is 19.9. The molecule has 2 aliphatic carbocycles. The second-order valence-electron chi connectivity index (χ2n) is 8.50. The summed E-state index contributed by atoms with van der Waals surface area (Å²) >= 11 is 0. The van der Waals surface area contributed by atoms with Crippen LogP contribution in [0.4, 0.5) is 0 Å². The molecule has 162 valence electrons. The monoisotopic (exact) mass is 421 g/mol. The average Bonchev–Trinajstić information content (AvgIpc) is 3.48. The lowest BCUT2D eigenvalue weighted by molar-refractivity contribution is -0.144. The van der Waals surface area contributed by atoms with Gasteiger partial charge in [-0.15, -0.1) is 0 Å². The van der Waals surface area contributed by atoms with Gasteiger partial charge in [0.05, 0.1) is 19.6 Å². The van der Waals surface area contributed by atoms with Gasteiger partial charge < -0.3 is 18.6 Å². The van der Waals surface area contributed by atoms with E-state index >= 15 is 0 Å². The first-order chi connectivity index (χ1) is 15.0. The minimum atomic E-state index is -0.452. The summed E-state index contributed by atoms with van der Waals surface area (Å²) in [7, 11) is 1.59. The molecule has 2 unspecified atom stereocenters. The van der Waals surface area contributed by atoms with Gasteiger partial charge in [0.2, 0.25) is 0 Å². The van der Waals surface area contributed by atoms with Crippen LogP contribution in [0.2, 0.25) is 0 Å². The second-order valence-corrected chi connectivity index (χ2v) is 8.50. The molecule has 6 nitrogen and oxygen atoms in total. The Labute approximate surface area is 181 Å². The van der Waals surface area contributed by atoms with Gasteiger partial charge in [-0.1, -0.05) is 18.2 Å². The fraction of sp³-hybridized carbons (Fsp3) is 0.440. The van der Waals surface area contributed by atoms with Crippen LogP contribution >= 0.6 is 0 Å². The summed E-state index contributed by atoms with van der Waals surface area (Å²) in [6, 6.07) is 3.76. The van der Waals surface area contributed by atoms with Crippen LogP contribution in [-0.2, 0) is 14.3 Å². The number of nitrogens with zero attached hydrogens (tertiary/aromatic N) is 1. The first-order valence-electron chi connectivity index (χ1n) is 11.0. The molecule has 1 spiro atoms. The number of methoxy groups -OCH3 is 1. The third-order valence-corrected chi connectivity index (χ3v) is 6.52. The number of rotatable bonds is 5. The molecule has 3 atom stereocenters. The predicted molar refractivity (Wildman–Crippen MR) is 116 cm³/mol. The lowest BCUT2D eigenvalue weighted by Crippen LogP contribution is -2.22. The largest absolute Gasteiger partial charge is 0.492 e. The van der Waals surface area contributed by atoms with Crippen LogP contribution in [-0.4, -0.2) is 30.3 Å². The van der Waals surface area contributed by atoms with E-state index in [4.69, 9.17) is 23.6 Å². The molecule has 1 aromatic heterocycles. The molecular weight excluding hydrogens is 394 g/mol. The number of ether oxygens (including phenoxy) is 3. The van der Waals surface area contributed by atoms with Crippen LogP contribution in [0, 0.1) is 0 Å². The Morgan fingerprint density at radius 3 is 3.03 bits per heavy atom. The fourth-order valence-corrected chi connectivity index (χ4v) is 4.95. The minimum absolute atomic E-state index is 0.175. The molecule has 2 aromatic rings. The highest BCUT2D eigenvalue weighted by atomic mass is 16.5. The molecule has 1 aromatic carbocycles. The molecule has 31 heavy (non-hydrogen) atoms. The van der Waals surface area contributed by atoms with Crippen LogP contribution in [0.3, 0.4) is 0 Å². The average molecular weight is 421 g/mol. The summed E-state index contributed by atoms with van der Waals surface area (Å²) in [5, 5.41) is 0. The maximum atomic E-state index is 12.3. The number of aromatic nitrogens is 1. The van der Waals surface area contributed by atoms with Crippen LogP contribution in [0.1, 0.15) is 62.8 Å². The summed E-state index contributed by atoms with van der Waals surface area (Å²) in [6.45, 7) is 3.95. The zero-order chi connectivity index (χ0) is 21.6. The van der Waals surface area contributed by atoms with Crippen molar-refractivity contribution >= 4 is 17.1 Å². The minimum Gasteiger partial charge on any atom is -0.492 e. The standard InChI is InChI=1S/C25H27NO5/c1-4-29-24(27)15(2)18-9-10-19-22(21(18)28-3)30-23(26-19)17-11-12-25(14-17)13-16-7-5-6-8-20(16)31-25/h5-6,8-10,13,15,17H,4,7,11-12,14H2,1-3H3/t15?,17?,25-/m0/s1. The summed E-state index contributed by atoms with van der Waals surface area (Å²) in [5.74, 6) is 1.69. The molecule has 6 heteroatoms. The Bertz CT molecular complexity index is 1120. The number of benzene rings is 1. The number of allylic oxidation sites excluding steroid dienone is 4. The molecule has 3 aliphatic rings. The molecule has 0 bridgehead atoms. The highest BCUT2D eigenvalue weighted by Crippen LogP contribution is 2.50. The van der Waals surface area contributed by atoms with Crippen molar-refractivity contribution in [3.8, 4) is 5.75 Å². The molecule has 0 amide bonds. The van der Waals surface area contributed by atoms with Gasteiger partial charge in [0.25, 0.3) is 0 Å². The smallest absolute Gasteiger partial charge is 0.313 e. The zero-order valence-electron chi connectivity index (χ0n) is 18.1. The zero-order valence-corrected chi connectivity index (χ0v) is 18.1. The summed E-state index contributed by atoms with van der Waals surface area (Å²) in [6.07, 6.45) is 12.2. The Kier molecular flexibility index (Phi) is 4.88. The molecule has 2 heterocycles. The SMILES string of the molecule is CCOC(=O)C(C)c1ccc2nc(C3CC[C@]4(C=C5CC=CC=C5O4)C3)oc2c1OC. The molecule has 0 saturated heterocycles. The Hall–Kier alpha value is -3.02. The van der Waals surface area contributed by atoms with Gasteiger partial charge in [-0.2, -0.15) is 0 Å². The Morgan fingerprint density at radius 1 is 1.39 bits per heavy atom. The molecule has 1 saturated carbocycles. The van der Waals surface area contributed by atoms with E-state index in [0.717, 1.165) is 42.5 Å². The molecular formula is C25H27NO5. The lowest BCUT2D eigenvalue weighted by Gasteiger charge is -2.22. The van der Waals surface area contributed by atoms with Gasteiger partial charge in [-0.05, 0) is 56.9 Å². The molecule has 1 aliphatic heterocycles. The van der Waals surface area contributed by atoms with Crippen LogP contribution in [0.15, 0.2) is 52.2 Å². The van der Waals surface area contributed by atoms with Crippen molar-refractivity contribution in [2.24, 2.45) is 0 Å². The van der Waals surface area contributed by atoms with E-state index in [1.54, 1.807) is 14.0 Å². The third kappa shape index (κ3) is 3.34. The van der Waals surface area contributed by atoms with E-state index in [2.05, 4.69) is 18.2 Å². The van der Waals surface area contributed by atoms with Crippen molar-refractivity contribution in [1.29, 1.82) is 0 Å². The van der Waals surface area contributed by atoms with Gasteiger partial charge in [0, 0.05) is 17.9 Å². The van der Waals surface area contributed by atoms with Gasteiger partial charge in [0.1, 0.15) is 16.9 Å². The van der Waals surface area contributed by atoms with Crippen LogP contribution < -0.4 is 4.74 Å². The van der Waals surface area contributed by atoms with Gasteiger partial charge in [-0.25, -0.2) is 4.98 Å². The Morgan fingerprint density at radius 2 is 2.26 bits per heavy atom. The van der Waals surface area contributed by atoms with E-state index in [1.807, 2.05) is 25.1 Å². The summed E-state index contributed by atoms with van der Waals surface area (Å²) < 4.78 is 23.4. The van der Waals surface area contributed by atoms with Crippen molar-refractivity contribution in [3.63, 3.8) is 0 Å². The van der Waals surface area contributed by atoms with Crippen molar-refractivity contribution < 1.29 is 23.4 Å². The fourth-order valence-electron chi connectivity index (χ4n) is 4.95. The topological polar surface area (TPSA) is 70.8 Å². The number of fused-ring (bicyclic) bond motifs is 2. The first-order valence-corrected chi connectivity index (χ1v) is 11.0. The van der Waals surface area contributed by atoms with Crippen molar-refractivity contribution in [2.45, 2.75) is 57.0 Å². The van der Waals surface area contributed by atoms with E-state index < -0.39 is 5.92 Å². The predicted octanol–water partition coefficient (Wildman–Crippen LogP) is 5.31. The van der Waals surface area contributed by atoms with E-state index in [1.165, 1.54) is 5.57 Å². The van der Waals surface area contributed by atoms with E-state index in [9.17, 15) is 4.79 Å². The number of esters is 1. The van der Waals surface area contributed by atoms with Gasteiger partial charge >= 0.3 is 5.97 Å². The van der Waals surface area contributed by atoms with Gasteiger partial charge in [-0.3, -0.25) is 4.79 Å². The molecule has 0 N–H and O–H groups in total. The van der Waals surface area contributed by atoms with E-state index in [-0.39, 0.29) is 17.5 Å². The Balaban J connectivity index is 1.43. The maximum Gasteiger partial charge on any atom is 0.313 e. The highest BCUT2D eigenvalue weighted by Gasteiger charge is 2.46. The van der Waals surface area contributed by atoms with Crippen LogP contribution in [0.5, 0.6) is 5.75 Å². The van der Waals surface area contributed by atoms with E-state index in [0.29, 0.717) is 23.8 Å². The number of hydrogen-bond acceptors (Lipinski definition) is 6. The number of hydrogen-bond donors (Lipinski definition) is 0. The quantitative estimate of drug-likeness (QED) is 0.610. The number of oxazole rings is 1.